The molecule has 0 saturated carbocycles. The van der Waals surface area contributed by atoms with Crippen LogP contribution in [0, 0.1) is 0 Å². The molecule has 0 fully saturated rings. The molecule has 0 bridgehead atoms. The summed E-state index contributed by atoms with van der Waals surface area (Å²) >= 11 is 7.36. The SMILES string of the molecule is COc1ccc2c(c1)C(C)(C)C1=C(C2)c2c(Br)cccc2C1.COc1ccc2c(c1)C(C)(C)C1=C(C2)c2ccc(Br)cc2C1. The lowest BCUT2D eigenvalue weighted by Crippen LogP contribution is -2.26. The average Bonchev–Trinajstić information content (AvgIpc) is 3.57. The molecule has 0 heterocycles. The second-order valence-corrected chi connectivity index (χ2v) is 15.3. The monoisotopic (exact) mass is 708 g/mol. The third kappa shape index (κ3) is 4.63. The number of rotatable bonds is 2. The molecule has 0 aromatic heterocycles. The largest absolute Gasteiger partial charge is 0.497 e. The van der Waals surface area contributed by atoms with Crippen molar-refractivity contribution in [1.82, 2.24) is 0 Å². The highest BCUT2D eigenvalue weighted by Gasteiger charge is 2.40. The summed E-state index contributed by atoms with van der Waals surface area (Å²) in [5, 5.41) is 0. The fourth-order valence-electron chi connectivity index (χ4n) is 8.10. The summed E-state index contributed by atoms with van der Waals surface area (Å²) < 4.78 is 13.3. The first-order chi connectivity index (χ1) is 21.0. The van der Waals surface area contributed by atoms with Crippen molar-refractivity contribution >= 4 is 43.0 Å². The van der Waals surface area contributed by atoms with Gasteiger partial charge >= 0.3 is 0 Å². The Morgan fingerprint density at radius 2 is 1.14 bits per heavy atom. The van der Waals surface area contributed by atoms with Crippen LogP contribution in [0.25, 0.3) is 11.1 Å². The van der Waals surface area contributed by atoms with E-state index in [0.717, 1.165) is 37.2 Å². The van der Waals surface area contributed by atoms with Gasteiger partial charge in [0.2, 0.25) is 0 Å². The number of fused-ring (bicyclic) bond motifs is 6. The molecule has 0 amide bonds. The lowest BCUT2D eigenvalue weighted by molar-refractivity contribution is 0.412. The number of methoxy groups -OCH3 is 2. The normalized spacial score (nSPS) is 17.8. The quantitative estimate of drug-likeness (QED) is 0.206. The van der Waals surface area contributed by atoms with E-state index in [4.69, 9.17) is 9.47 Å². The predicted molar refractivity (Wildman–Crippen MR) is 189 cm³/mol. The van der Waals surface area contributed by atoms with Gasteiger partial charge in [0.1, 0.15) is 11.5 Å². The summed E-state index contributed by atoms with van der Waals surface area (Å²) in [6, 6.07) is 26.3. The average molecular weight is 711 g/mol. The highest BCUT2D eigenvalue weighted by atomic mass is 79.9. The van der Waals surface area contributed by atoms with Gasteiger partial charge < -0.3 is 9.47 Å². The molecular weight excluding hydrogens is 672 g/mol. The topological polar surface area (TPSA) is 18.5 Å². The highest BCUT2D eigenvalue weighted by Crippen LogP contribution is 2.52. The minimum Gasteiger partial charge on any atom is -0.497 e. The number of hydrogen-bond acceptors (Lipinski definition) is 2. The van der Waals surface area contributed by atoms with Gasteiger partial charge in [0.15, 0.2) is 0 Å². The Bertz CT molecular complexity index is 1910. The van der Waals surface area contributed by atoms with Crippen LogP contribution in [0.5, 0.6) is 11.5 Å². The third-order valence-corrected chi connectivity index (χ3v) is 11.6. The molecule has 4 aromatic carbocycles. The predicted octanol–water partition coefficient (Wildman–Crippen LogP) is 10.6. The van der Waals surface area contributed by atoms with Crippen molar-refractivity contribution in [3.05, 3.63) is 137 Å². The molecule has 0 radical (unpaired) electrons. The van der Waals surface area contributed by atoms with E-state index in [0.29, 0.717) is 0 Å². The summed E-state index contributed by atoms with van der Waals surface area (Å²) in [7, 11) is 3.48. The van der Waals surface area contributed by atoms with Crippen molar-refractivity contribution in [2.45, 2.75) is 64.2 Å². The van der Waals surface area contributed by atoms with Crippen LogP contribution in [-0.2, 0) is 36.5 Å². The maximum atomic E-state index is 5.44. The molecule has 44 heavy (non-hydrogen) atoms. The maximum absolute atomic E-state index is 5.44. The summed E-state index contributed by atoms with van der Waals surface area (Å²) in [4.78, 5) is 0. The molecule has 0 saturated heterocycles. The Balaban J connectivity index is 0.000000142. The van der Waals surface area contributed by atoms with Gasteiger partial charge in [-0.1, -0.05) is 101 Å². The van der Waals surface area contributed by atoms with Crippen molar-refractivity contribution in [1.29, 1.82) is 0 Å². The second-order valence-electron chi connectivity index (χ2n) is 13.5. The van der Waals surface area contributed by atoms with E-state index in [2.05, 4.69) is 132 Å². The number of allylic oxidation sites excluding steroid dienone is 4. The lowest BCUT2D eigenvalue weighted by Gasteiger charge is -2.35. The van der Waals surface area contributed by atoms with Crippen LogP contribution in [0.1, 0.15) is 72.2 Å². The first-order valence-electron chi connectivity index (χ1n) is 15.4. The van der Waals surface area contributed by atoms with Gasteiger partial charge in [0.25, 0.3) is 0 Å². The van der Waals surface area contributed by atoms with Crippen LogP contribution in [0.2, 0.25) is 0 Å². The minimum atomic E-state index is 0.0515. The Morgan fingerprint density at radius 3 is 1.75 bits per heavy atom. The molecule has 0 N–H and O–H groups in total. The van der Waals surface area contributed by atoms with E-state index in [-0.39, 0.29) is 10.8 Å². The Kier molecular flexibility index (Phi) is 7.25. The molecule has 4 aliphatic carbocycles. The van der Waals surface area contributed by atoms with E-state index in [1.807, 2.05) is 0 Å². The number of ether oxygens (including phenoxy) is 2. The smallest absolute Gasteiger partial charge is 0.119 e. The van der Waals surface area contributed by atoms with E-state index in [1.165, 1.54) is 64.6 Å². The van der Waals surface area contributed by atoms with Gasteiger partial charge in [-0.3, -0.25) is 0 Å². The van der Waals surface area contributed by atoms with E-state index in [1.54, 1.807) is 25.4 Å². The van der Waals surface area contributed by atoms with Gasteiger partial charge in [0.05, 0.1) is 14.2 Å². The van der Waals surface area contributed by atoms with Crippen LogP contribution >= 0.6 is 31.9 Å². The van der Waals surface area contributed by atoms with Crippen molar-refractivity contribution in [3.63, 3.8) is 0 Å². The van der Waals surface area contributed by atoms with Crippen molar-refractivity contribution in [2.75, 3.05) is 14.2 Å². The Labute approximate surface area is 278 Å². The van der Waals surface area contributed by atoms with Gasteiger partial charge in [-0.05, 0) is 124 Å². The molecule has 4 aliphatic rings. The molecule has 224 valence electrons. The summed E-state index contributed by atoms with van der Waals surface area (Å²) in [6.07, 6.45) is 4.18. The molecule has 0 spiro atoms. The molecule has 2 nitrogen and oxygen atoms in total. The van der Waals surface area contributed by atoms with Crippen LogP contribution in [0.4, 0.5) is 0 Å². The van der Waals surface area contributed by atoms with Crippen LogP contribution in [-0.4, -0.2) is 14.2 Å². The van der Waals surface area contributed by atoms with Crippen LogP contribution in [0.3, 0.4) is 0 Å². The Hall–Kier alpha value is -3.08. The number of benzene rings is 4. The van der Waals surface area contributed by atoms with Crippen molar-refractivity contribution in [2.24, 2.45) is 0 Å². The van der Waals surface area contributed by atoms with Crippen LogP contribution < -0.4 is 9.47 Å². The summed E-state index contributed by atoms with van der Waals surface area (Å²) in [5.41, 5.74) is 17.7. The van der Waals surface area contributed by atoms with Crippen LogP contribution in [0.15, 0.2) is 92.9 Å². The second kappa shape index (κ2) is 10.8. The van der Waals surface area contributed by atoms with Gasteiger partial charge in [-0.2, -0.15) is 0 Å². The van der Waals surface area contributed by atoms with Crippen molar-refractivity contribution in [3.8, 4) is 11.5 Å². The Morgan fingerprint density at radius 1 is 0.568 bits per heavy atom. The van der Waals surface area contributed by atoms with E-state index < -0.39 is 0 Å². The number of hydrogen-bond donors (Lipinski definition) is 0. The van der Waals surface area contributed by atoms with Gasteiger partial charge in [-0.15, -0.1) is 0 Å². The standard InChI is InChI=1S/2C20H19BrO/c1-20(2)18-11-15(22-3)6-4-12(18)9-17-16-7-5-14(21)8-13(16)10-19(17)20;1-20(2)16-11-14(22-3)8-7-12(16)9-15-17(20)10-13-5-4-6-18(21)19(13)15/h2*4-8,11H,9-10H2,1-3H3. The molecule has 8 rings (SSSR count). The summed E-state index contributed by atoms with van der Waals surface area (Å²) in [6.45, 7) is 9.39. The zero-order valence-corrected chi connectivity index (χ0v) is 29.5. The molecule has 4 aromatic rings. The molecule has 0 unspecified atom stereocenters. The molecule has 4 heteroatoms. The number of halogens is 2. The molecule has 0 aliphatic heterocycles. The zero-order chi connectivity index (χ0) is 31.0. The fraction of sp³-hybridized carbons (Fsp3) is 0.300. The van der Waals surface area contributed by atoms with E-state index >= 15 is 0 Å². The minimum absolute atomic E-state index is 0.0515. The maximum Gasteiger partial charge on any atom is 0.119 e. The lowest BCUT2D eigenvalue weighted by atomic mass is 9.69. The highest BCUT2D eigenvalue weighted by molar-refractivity contribution is 9.10. The van der Waals surface area contributed by atoms with Gasteiger partial charge in [-0.25, -0.2) is 0 Å². The van der Waals surface area contributed by atoms with Crippen molar-refractivity contribution < 1.29 is 9.47 Å². The fourth-order valence-corrected chi connectivity index (χ4v) is 9.16. The first-order valence-corrected chi connectivity index (χ1v) is 17.0. The first kappa shape index (κ1) is 29.6. The third-order valence-electron chi connectivity index (χ3n) is 10.5. The zero-order valence-electron chi connectivity index (χ0n) is 26.3. The van der Waals surface area contributed by atoms with E-state index in [9.17, 15) is 0 Å². The molecular formula is C40H38Br2O2. The van der Waals surface area contributed by atoms with Gasteiger partial charge in [0, 0.05) is 19.8 Å². The summed E-state index contributed by atoms with van der Waals surface area (Å²) in [5.74, 6) is 1.90. The molecule has 0 atom stereocenters.